The van der Waals surface area contributed by atoms with Crippen LogP contribution >= 0.6 is 0 Å². The molecule has 0 heterocycles. The third-order valence-corrected chi connectivity index (χ3v) is 5.03. The zero-order valence-electron chi connectivity index (χ0n) is 17.0. The second kappa shape index (κ2) is 14.9. The van der Waals surface area contributed by atoms with E-state index >= 15 is 0 Å². The van der Waals surface area contributed by atoms with Crippen LogP contribution in [0.5, 0.6) is 11.5 Å². The number of phenols is 2. The Labute approximate surface area is 160 Å². The van der Waals surface area contributed by atoms with Crippen LogP contribution < -0.4 is 0 Å². The Bertz CT molecular complexity index is 459. The summed E-state index contributed by atoms with van der Waals surface area (Å²) in [5.74, 6) is -0.0787. The fourth-order valence-corrected chi connectivity index (χ4v) is 3.36. The predicted molar refractivity (Wildman–Crippen MR) is 110 cm³/mol. The van der Waals surface area contributed by atoms with E-state index in [0.717, 1.165) is 31.4 Å². The van der Waals surface area contributed by atoms with Gasteiger partial charge in [0.1, 0.15) is 0 Å². The highest BCUT2D eigenvalue weighted by atomic mass is 16.5. The van der Waals surface area contributed by atoms with Gasteiger partial charge in [0, 0.05) is 12.2 Å². The van der Waals surface area contributed by atoms with E-state index in [2.05, 4.69) is 13.8 Å². The second-order valence-corrected chi connectivity index (χ2v) is 7.40. The van der Waals surface area contributed by atoms with Gasteiger partial charge in [-0.3, -0.25) is 0 Å². The van der Waals surface area contributed by atoms with Gasteiger partial charge in [-0.15, -0.1) is 0 Å². The van der Waals surface area contributed by atoms with E-state index in [0.29, 0.717) is 0 Å². The molecule has 0 aromatic heterocycles. The summed E-state index contributed by atoms with van der Waals surface area (Å²) in [7, 11) is 0. The van der Waals surface area contributed by atoms with Gasteiger partial charge in [0.2, 0.25) is 0 Å². The molecular weight excluding hydrogens is 324 g/mol. The first-order valence-electron chi connectivity index (χ1n) is 10.8. The molecule has 26 heavy (non-hydrogen) atoms. The van der Waals surface area contributed by atoms with Crippen LogP contribution in [-0.4, -0.2) is 16.8 Å². The Hall–Kier alpha value is -1.22. The highest BCUT2D eigenvalue weighted by Crippen LogP contribution is 2.36. The van der Waals surface area contributed by atoms with Gasteiger partial charge in [-0.1, -0.05) is 96.6 Å². The molecule has 150 valence electrons. The molecule has 3 heteroatoms. The van der Waals surface area contributed by atoms with Crippen LogP contribution in [0.3, 0.4) is 0 Å². The Morgan fingerprint density at radius 2 is 1.35 bits per heavy atom. The number of aromatic hydroxyl groups is 2. The molecule has 1 atom stereocenters. The van der Waals surface area contributed by atoms with Gasteiger partial charge in [-0.2, -0.15) is 0 Å². The molecular formula is C23H40O3. The van der Waals surface area contributed by atoms with Gasteiger partial charge in [0.25, 0.3) is 0 Å². The van der Waals surface area contributed by atoms with Crippen LogP contribution in [0.15, 0.2) is 18.2 Å². The van der Waals surface area contributed by atoms with Gasteiger partial charge in [-0.05, 0) is 18.9 Å². The van der Waals surface area contributed by atoms with Gasteiger partial charge in [-0.25, -0.2) is 0 Å². The monoisotopic (exact) mass is 364 g/mol. The first kappa shape index (κ1) is 22.8. The lowest BCUT2D eigenvalue weighted by molar-refractivity contribution is 0.0404. The average molecular weight is 365 g/mol. The van der Waals surface area contributed by atoms with Crippen molar-refractivity contribution < 1.29 is 14.9 Å². The Morgan fingerprint density at radius 1 is 0.769 bits per heavy atom. The van der Waals surface area contributed by atoms with Crippen molar-refractivity contribution in [3.05, 3.63) is 23.8 Å². The summed E-state index contributed by atoms with van der Waals surface area (Å²) in [6.45, 7) is 5.19. The first-order chi connectivity index (χ1) is 12.7. The molecule has 0 amide bonds. The van der Waals surface area contributed by atoms with E-state index in [-0.39, 0.29) is 17.6 Å². The smallest absolute Gasteiger partial charge is 0.163 e. The number of hydrogen-bond acceptors (Lipinski definition) is 3. The zero-order chi connectivity index (χ0) is 19.0. The fourth-order valence-electron chi connectivity index (χ4n) is 3.36. The molecule has 0 radical (unpaired) electrons. The van der Waals surface area contributed by atoms with E-state index < -0.39 is 0 Å². The Kier molecular flexibility index (Phi) is 13.1. The van der Waals surface area contributed by atoms with Crippen molar-refractivity contribution in [1.82, 2.24) is 0 Å². The summed E-state index contributed by atoms with van der Waals surface area (Å²) in [6.07, 6.45) is 15.7. The summed E-state index contributed by atoms with van der Waals surface area (Å²) in [5.41, 5.74) is 0.726. The third kappa shape index (κ3) is 9.47. The highest BCUT2D eigenvalue weighted by molar-refractivity contribution is 5.45. The molecule has 3 nitrogen and oxygen atoms in total. The standard InChI is InChI=1S/C23H40O3/c1-3-5-7-9-10-11-13-18-22(26-19-14-12-8-6-4-2)20-16-15-17-21(24)23(20)25/h15-17,22,24-25H,3-14,18-19H2,1-2H3. The number of benzene rings is 1. The van der Waals surface area contributed by atoms with Gasteiger partial charge in [0.15, 0.2) is 11.5 Å². The molecule has 0 spiro atoms. The molecule has 0 fully saturated rings. The van der Waals surface area contributed by atoms with Gasteiger partial charge >= 0.3 is 0 Å². The Morgan fingerprint density at radius 3 is 2.00 bits per heavy atom. The van der Waals surface area contributed by atoms with Crippen molar-refractivity contribution in [2.45, 2.75) is 103 Å². The van der Waals surface area contributed by atoms with E-state index in [1.54, 1.807) is 6.07 Å². The SMILES string of the molecule is CCCCCCCCCC(OCCCCCCC)c1cccc(O)c1O. The molecule has 0 bridgehead atoms. The number of unbranched alkanes of at least 4 members (excludes halogenated alkanes) is 10. The van der Waals surface area contributed by atoms with Crippen LogP contribution in [-0.2, 0) is 4.74 Å². The van der Waals surface area contributed by atoms with E-state index in [1.165, 1.54) is 70.3 Å². The number of ether oxygens (including phenoxy) is 1. The fraction of sp³-hybridized carbons (Fsp3) is 0.739. The molecule has 1 aromatic carbocycles. The summed E-state index contributed by atoms with van der Waals surface area (Å²) >= 11 is 0. The average Bonchev–Trinajstić information content (AvgIpc) is 2.64. The minimum absolute atomic E-state index is 0.0218. The van der Waals surface area contributed by atoms with Crippen molar-refractivity contribution in [3.8, 4) is 11.5 Å². The number of para-hydroxylation sites is 1. The van der Waals surface area contributed by atoms with Crippen LogP contribution in [0.1, 0.15) is 109 Å². The molecule has 1 aromatic rings. The van der Waals surface area contributed by atoms with Crippen molar-refractivity contribution in [1.29, 1.82) is 0 Å². The minimum Gasteiger partial charge on any atom is -0.504 e. The molecule has 0 saturated heterocycles. The minimum atomic E-state index is -0.121. The first-order valence-corrected chi connectivity index (χ1v) is 10.8. The topological polar surface area (TPSA) is 49.7 Å². The second-order valence-electron chi connectivity index (χ2n) is 7.40. The zero-order valence-corrected chi connectivity index (χ0v) is 17.0. The lowest BCUT2D eigenvalue weighted by atomic mass is 10.0. The van der Waals surface area contributed by atoms with Crippen LogP contribution in [0.25, 0.3) is 0 Å². The van der Waals surface area contributed by atoms with Crippen LogP contribution in [0.4, 0.5) is 0 Å². The van der Waals surface area contributed by atoms with E-state index in [4.69, 9.17) is 4.74 Å². The number of rotatable bonds is 16. The van der Waals surface area contributed by atoms with Crippen LogP contribution in [0.2, 0.25) is 0 Å². The van der Waals surface area contributed by atoms with Crippen molar-refractivity contribution in [2.75, 3.05) is 6.61 Å². The quantitative estimate of drug-likeness (QED) is 0.239. The third-order valence-electron chi connectivity index (χ3n) is 5.03. The molecule has 1 rings (SSSR count). The highest BCUT2D eigenvalue weighted by Gasteiger charge is 2.17. The summed E-state index contributed by atoms with van der Waals surface area (Å²) in [4.78, 5) is 0. The molecule has 0 aliphatic heterocycles. The maximum atomic E-state index is 10.2. The lowest BCUT2D eigenvalue weighted by Gasteiger charge is -2.20. The predicted octanol–water partition coefficient (Wildman–Crippen LogP) is 7.27. The molecule has 0 aliphatic rings. The number of hydrogen-bond donors (Lipinski definition) is 2. The lowest BCUT2D eigenvalue weighted by Crippen LogP contribution is -2.06. The van der Waals surface area contributed by atoms with Crippen molar-refractivity contribution >= 4 is 0 Å². The molecule has 0 saturated carbocycles. The van der Waals surface area contributed by atoms with Crippen LogP contribution in [0, 0.1) is 0 Å². The number of phenolic OH excluding ortho intramolecular Hbond substituents is 2. The van der Waals surface area contributed by atoms with Gasteiger partial charge in [0.05, 0.1) is 6.10 Å². The Balaban J connectivity index is 2.44. The molecule has 2 N–H and O–H groups in total. The van der Waals surface area contributed by atoms with E-state index in [9.17, 15) is 10.2 Å². The molecule has 1 unspecified atom stereocenters. The maximum absolute atomic E-state index is 10.2. The van der Waals surface area contributed by atoms with Crippen molar-refractivity contribution in [3.63, 3.8) is 0 Å². The summed E-state index contributed by atoms with van der Waals surface area (Å²) in [6, 6.07) is 5.18. The molecule has 0 aliphatic carbocycles. The van der Waals surface area contributed by atoms with Crippen molar-refractivity contribution in [2.24, 2.45) is 0 Å². The van der Waals surface area contributed by atoms with Gasteiger partial charge < -0.3 is 14.9 Å². The normalized spacial score (nSPS) is 12.4. The largest absolute Gasteiger partial charge is 0.504 e. The summed E-state index contributed by atoms with van der Waals surface area (Å²) < 4.78 is 6.12. The summed E-state index contributed by atoms with van der Waals surface area (Å²) in [5, 5.41) is 20.0. The maximum Gasteiger partial charge on any atom is 0.163 e. The van der Waals surface area contributed by atoms with E-state index in [1.807, 2.05) is 6.07 Å².